The van der Waals surface area contributed by atoms with Crippen LogP contribution in [0.3, 0.4) is 0 Å². The minimum Gasteiger partial charge on any atom is -0.493 e. The molecule has 0 atom stereocenters. The molecule has 12 heteroatoms. The third-order valence-corrected chi connectivity index (χ3v) is 4.58. The number of methoxy groups -OCH3 is 1. The monoisotopic (exact) mass is 497 g/mol. The van der Waals surface area contributed by atoms with Gasteiger partial charge in [-0.25, -0.2) is 9.61 Å². The van der Waals surface area contributed by atoms with Gasteiger partial charge in [0.2, 0.25) is 11.3 Å². The number of ether oxygens (including phenoxy) is 2. The van der Waals surface area contributed by atoms with Crippen molar-refractivity contribution in [2.75, 3.05) is 17.9 Å². The van der Waals surface area contributed by atoms with Crippen molar-refractivity contribution in [2.24, 2.45) is 5.10 Å². The molecule has 2 heterocycles. The first-order chi connectivity index (χ1) is 15.5. The maximum Gasteiger partial charge on any atom is 0.308 e. The van der Waals surface area contributed by atoms with Crippen molar-refractivity contribution in [3.63, 3.8) is 0 Å². The van der Waals surface area contributed by atoms with Gasteiger partial charge in [0.15, 0.2) is 23.1 Å². The van der Waals surface area contributed by atoms with Crippen LogP contribution in [0.15, 0.2) is 56.7 Å². The van der Waals surface area contributed by atoms with Crippen LogP contribution >= 0.6 is 15.9 Å². The number of aromatic nitrogens is 4. The van der Waals surface area contributed by atoms with Crippen molar-refractivity contribution < 1.29 is 18.9 Å². The number of carbonyl (C=O) groups is 1. The lowest BCUT2D eigenvalue weighted by Gasteiger charge is -2.10. The highest BCUT2D eigenvalue weighted by atomic mass is 79.9. The minimum absolute atomic E-state index is 0.233. The summed E-state index contributed by atoms with van der Waals surface area (Å²) < 4.78 is 16.0. The Kier molecular flexibility index (Phi) is 6.22. The van der Waals surface area contributed by atoms with Crippen LogP contribution in [0, 0.1) is 0 Å². The Hall–Kier alpha value is -4.06. The number of nitrogens with one attached hydrogen (secondary N) is 2. The molecule has 0 saturated carbocycles. The predicted molar refractivity (Wildman–Crippen MR) is 120 cm³/mol. The molecule has 0 unspecified atom stereocenters. The Bertz CT molecular complexity index is 1290. The lowest BCUT2D eigenvalue weighted by Crippen LogP contribution is -2.04. The molecule has 2 aromatic heterocycles. The summed E-state index contributed by atoms with van der Waals surface area (Å²) in [5, 5.41) is 14.8. The summed E-state index contributed by atoms with van der Waals surface area (Å²) in [5.74, 6) is 0.984. The molecular weight excluding hydrogens is 482 g/mol. The van der Waals surface area contributed by atoms with Gasteiger partial charge in [0.1, 0.15) is 0 Å². The predicted octanol–water partition coefficient (Wildman–Crippen LogP) is 3.90. The summed E-state index contributed by atoms with van der Waals surface area (Å²) in [7, 11) is 1.48. The van der Waals surface area contributed by atoms with E-state index in [9.17, 15) is 4.79 Å². The number of rotatable bonds is 7. The van der Waals surface area contributed by atoms with Crippen LogP contribution in [0.5, 0.6) is 11.5 Å². The van der Waals surface area contributed by atoms with Gasteiger partial charge in [0, 0.05) is 17.1 Å². The average Bonchev–Trinajstić information content (AvgIpc) is 3.23. The summed E-state index contributed by atoms with van der Waals surface area (Å²) in [4.78, 5) is 19.9. The van der Waals surface area contributed by atoms with E-state index >= 15 is 0 Å². The third kappa shape index (κ3) is 4.98. The van der Waals surface area contributed by atoms with Crippen LogP contribution in [0.1, 0.15) is 12.5 Å². The number of esters is 1. The van der Waals surface area contributed by atoms with Crippen molar-refractivity contribution in [1.29, 1.82) is 0 Å². The molecule has 0 fully saturated rings. The number of nitrogens with zero attached hydrogens (tertiary/aromatic N) is 5. The Balaban J connectivity index is 1.57. The molecule has 2 aromatic carbocycles. The molecule has 0 radical (unpaired) electrons. The number of hydrazone groups is 1. The zero-order valence-electron chi connectivity index (χ0n) is 16.9. The van der Waals surface area contributed by atoms with Crippen LogP contribution in [-0.2, 0) is 4.79 Å². The number of hydrogen-bond acceptors (Lipinski definition) is 11. The van der Waals surface area contributed by atoms with Crippen LogP contribution in [-0.4, -0.2) is 39.6 Å². The molecule has 0 aliphatic carbocycles. The Morgan fingerprint density at radius 1 is 1.06 bits per heavy atom. The van der Waals surface area contributed by atoms with E-state index in [4.69, 9.17) is 14.1 Å². The van der Waals surface area contributed by atoms with Crippen molar-refractivity contribution in [1.82, 2.24) is 20.3 Å². The van der Waals surface area contributed by atoms with E-state index in [1.165, 1.54) is 14.0 Å². The van der Waals surface area contributed by atoms with Crippen molar-refractivity contribution >= 4 is 56.7 Å². The van der Waals surface area contributed by atoms with E-state index in [2.05, 4.69) is 52.1 Å². The van der Waals surface area contributed by atoms with E-state index in [0.717, 1.165) is 10.2 Å². The fourth-order valence-corrected chi connectivity index (χ4v) is 2.91. The summed E-state index contributed by atoms with van der Waals surface area (Å²) >= 11 is 3.40. The lowest BCUT2D eigenvalue weighted by atomic mass is 10.2. The molecule has 162 valence electrons. The topological polar surface area (TPSA) is 137 Å². The van der Waals surface area contributed by atoms with Crippen LogP contribution in [0.25, 0.3) is 11.3 Å². The van der Waals surface area contributed by atoms with Gasteiger partial charge in [-0.1, -0.05) is 15.9 Å². The molecule has 0 amide bonds. The van der Waals surface area contributed by atoms with Crippen molar-refractivity contribution in [3.8, 4) is 11.5 Å². The molecule has 0 saturated heterocycles. The van der Waals surface area contributed by atoms with E-state index in [0.29, 0.717) is 28.7 Å². The average molecular weight is 498 g/mol. The fraction of sp³-hybridized carbons (Fsp3) is 0.100. The van der Waals surface area contributed by atoms with E-state index in [1.807, 2.05) is 24.3 Å². The molecule has 0 spiro atoms. The third-order valence-electron chi connectivity index (χ3n) is 4.05. The second kappa shape index (κ2) is 9.39. The van der Waals surface area contributed by atoms with Gasteiger partial charge in [0.05, 0.1) is 13.3 Å². The molecule has 0 aliphatic heterocycles. The largest absolute Gasteiger partial charge is 0.493 e. The summed E-state index contributed by atoms with van der Waals surface area (Å²) in [6.07, 6.45) is 1.55. The van der Waals surface area contributed by atoms with Crippen molar-refractivity contribution in [3.05, 3.63) is 52.5 Å². The van der Waals surface area contributed by atoms with Gasteiger partial charge in [-0.3, -0.25) is 10.2 Å². The molecule has 11 nitrogen and oxygen atoms in total. The van der Waals surface area contributed by atoms with E-state index in [-0.39, 0.29) is 11.3 Å². The number of fused-ring (bicyclic) bond motifs is 1. The van der Waals surface area contributed by atoms with Gasteiger partial charge < -0.3 is 14.8 Å². The highest BCUT2D eigenvalue weighted by molar-refractivity contribution is 9.10. The minimum atomic E-state index is -0.437. The van der Waals surface area contributed by atoms with Crippen LogP contribution < -0.4 is 20.2 Å². The molecular formula is C20H16BrN7O4. The number of hydrogen-bond donors (Lipinski definition) is 2. The van der Waals surface area contributed by atoms with Gasteiger partial charge in [-0.2, -0.15) is 10.1 Å². The maximum atomic E-state index is 11.2. The highest BCUT2D eigenvalue weighted by Crippen LogP contribution is 2.28. The summed E-state index contributed by atoms with van der Waals surface area (Å²) in [6.45, 7) is 1.32. The number of halogens is 1. The Morgan fingerprint density at radius 3 is 2.47 bits per heavy atom. The normalized spacial score (nSPS) is 11.0. The molecule has 4 aromatic rings. The maximum absolute atomic E-state index is 11.2. The van der Waals surface area contributed by atoms with Gasteiger partial charge in [-0.05, 0) is 58.3 Å². The van der Waals surface area contributed by atoms with E-state index in [1.54, 1.807) is 24.4 Å². The van der Waals surface area contributed by atoms with Gasteiger partial charge in [0.25, 0.3) is 0 Å². The number of anilines is 3. The summed E-state index contributed by atoms with van der Waals surface area (Å²) in [6, 6.07) is 12.6. The van der Waals surface area contributed by atoms with Gasteiger partial charge in [-0.15, -0.1) is 0 Å². The SMILES string of the molecule is COc1cc(/C=N/Nc2nc3nonc3nc2Nc2ccc(Br)cc2)ccc1OC(C)=O. The second-order valence-corrected chi connectivity index (χ2v) is 7.25. The smallest absolute Gasteiger partial charge is 0.308 e. The van der Waals surface area contributed by atoms with Crippen molar-refractivity contribution in [2.45, 2.75) is 6.92 Å². The Morgan fingerprint density at radius 2 is 1.78 bits per heavy atom. The first-order valence-electron chi connectivity index (χ1n) is 9.20. The zero-order valence-corrected chi connectivity index (χ0v) is 18.5. The number of benzene rings is 2. The fourth-order valence-electron chi connectivity index (χ4n) is 2.64. The standard InChI is InChI=1S/C20H16BrN7O4/c1-11(29)31-15-8-3-12(9-16(15)30-2)10-22-26-18-17(23-14-6-4-13(21)5-7-14)24-19-20(25-18)28-32-27-19/h3-10H,1-2H3,(H,23,24,27)(H,25,26,28)/b22-10+. The summed E-state index contributed by atoms with van der Waals surface area (Å²) in [5.41, 5.74) is 4.82. The molecule has 0 aliphatic rings. The molecule has 2 N–H and O–H groups in total. The zero-order chi connectivity index (χ0) is 22.5. The molecule has 32 heavy (non-hydrogen) atoms. The highest BCUT2D eigenvalue weighted by Gasteiger charge is 2.13. The molecule has 4 rings (SSSR count). The lowest BCUT2D eigenvalue weighted by molar-refractivity contribution is -0.132. The first-order valence-corrected chi connectivity index (χ1v) is 9.99. The van der Waals surface area contributed by atoms with Crippen LogP contribution in [0.2, 0.25) is 0 Å². The number of carbonyl (C=O) groups excluding carboxylic acids is 1. The Labute approximate surface area is 189 Å². The quantitative estimate of drug-likeness (QED) is 0.167. The van der Waals surface area contributed by atoms with E-state index < -0.39 is 5.97 Å². The first kappa shape index (κ1) is 21.2. The van der Waals surface area contributed by atoms with Crippen LogP contribution in [0.4, 0.5) is 17.3 Å². The van der Waals surface area contributed by atoms with Gasteiger partial charge >= 0.3 is 5.97 Å². The molecule has 0 bridgehead atoms. The second-order valence-electron chi connectivity index (χ2n) is 6.34.